The fourth-order valence-electron chi connectivity index (χ4n) is 2.80. The molecule has 0 fully saturated rings. The number of thiocarbonyl (C=S) groups is 1. The first-order chi connectivity index (χ1) is 13.5. The Morgan fingerprint density at radius 2 is 1.79 bits per heavy atom. The highest BCUT2D eigenvalue weighted by atomic mass is 127. The number of thiophene rings is 1. The van der Waals surface area contributed by atoms with Gasteiger partial charge in [0.15, 0.2) is 5.11 Å². The van der Waals surface area contributed by atoms with Crippen molar-refractivity contribution in [2.45, 2.75) is 13.8 Å². The summed E-state index contributed by atoms with van der Waals surface area (Å²) < 4.78 is 6.38. The zero-order valence-corrected chi connectivity index (χ0v) is 19.2. The van der Waals surface area contributed by atoms with Crippen LogP contribution in [0.25, 0.3) is 11.1 Å². The van der Waals surface area contributed by atoms with Gasteiger partial charge in [-0.3, -0.25) is 0 Å². The van der Waals surface area contributed by atoms with Crippen LogP contribution in [0.2, 0.25) is 0 Å². The number of anilines is 2. The monoisotopic (exact) mass is 522 g/mol. The smallest absolute Gasteiger partial charge is 0.341 e. The quantitative estimate of drug-likeness (QED) is 0.234. The van der Waals surface area contributed by atoms with E-state index in [-0.39, 0.29) is 5.97 Å². The molecule has 2 aromatic carbocycles. The Morgan fingerprint density at radius 1 is 1.11 bits per heavy atom. The number of esters is 1. The lowest BCUT2D eigenvalue weighted by molar-refractivity contribution is 0.0529. The maximum Gasteiger partial charge on any atom is 0.341 e. The number of rotatable bonds is 5. The molecule has 3 rings (SSSR count). The maximum atomic E-state index is 12.7. The number of carbonyl (C=O) groups excluding carboxylic acids is 1. The second kappa shape index (κ2) is 9.49. The van der Waals surface area contributed by atoms with Crippen LogP contribution in [0, 0.1) is 10.5 Å². The van der Waals surface area contributed by atoms with Gasteiger partial charge in [-0.05, 0) is 66.4 Å². The van der Waals surface area contributed by atoms with E-state index in [2.05, 4.69) is 33.2 Å². The first kappa shape index (κ1) is 20.8. The fraction of sp³-hybridized carbons (Fsp3) is 0.143. The van der Waals surface area contributed by atoms with Crippen molar-refractivity contribution < 1.29 is 9.53 Å². The third-order valence-electron chi connectivity index (χ3n) is 3.98. The van der Waals surface area contributed by atoms with Gasteiger partial charge in [0.25, 0.3) is 0 Å². The van der Waals surface area contributed by atoms with Gasteiger partial charge < -0.3 is 15.4 Å². The normalized spacial score (nSPS) is 10.4. The molecule has 0 atom stereocenters. The van der Waals surface area contributed by atoms with Crippen molar-refractivity contribution in [3.05, 3.63) is 68.6 Å². The second-order valence-corrected chi connectivity index (χ2v) is 8.68. The second-order valence-electron chi connectivity index (χ2n) is 5.88. The maximum absolute atomic E-state index is 12.7. The molecule has 0 aliphatic heterocycles. The van der Waals surface area contributed by atoms with E-state index in [0.29, 0.717) is 22.3 Å². The van der Waals surface area contributed by atoms with Crippen LogP contribution in [0.5, 0.6) is 0 Å². The summed E-state index contributed by atoms with van der Waals surface area (Å²) in [5.74, 6) is -0.356. The number of ether oxygens (including phenoxy) is 1. The van der Waals surface area contributed by atoms with E-state index in [1.165, 1.54) is 11.3 Å². The summed E-state index contributed by atoms with van der Waals surface area (Å²) in [6.07, 6.45) is 0. The van der Waals surface area contributed by atoms with Gasteiger partial charge in [-0.25, -0.2) is 4.79 Å². The van der Waals surface area contributed by atoms with Crippen molar-refractivity contribution in [2.24, 2.45) is 0 Å². The van der Waals surface area contributed by atoms with Crippen molar-refractivity contribution in [3.63, 3.8) is 0 Å². The zero-order chi connectivity index (χ0) is 20.1. The van der Waals surface area contributed by atoms with E-state index in [1.807, 2.05) is 61.5 Å². The van der Waals surface area contributed by atoms with Crippen LogP contribution >= 0.6 is 46.1 Å². The van der Waals surface area contributed by atoms with Gasteiger partial charge >= 0.3 is 5.97 Å². The van der Waals surface area contributed by atoms with Crippen molar-refractivity contribution in [3.8, 4) is 11.1 Å². The molecule has 0 bridgehead atoms. The topological polar surface area (TPSA) is 50.4 Å². The van der Waals surface area contributed by atoms with Crippen LogP contribution in [0.1, 0.15) is 22.2 Å². The molecule has 0 saturated carbocycles. The summed E-state index contributed by atoms with van der Waals surface area (Å²) in [5, 5.41) is 7.49. The number of hydrogen-bond acceptors (Lipinski definition) is 4. The van der Waals surface area contributed by atoms with E-state index >= 15 is 0 Å². The van der Waals surface area contributed by atoms with Gasteiger partial charge in [-0.1, -0.05) is 42.5 Å². The molecule has 1 heterocycles. The van der Waals surface area contributed by atoms with Crippen LogP contribution in [0.3, 0.4) is 0 Å². The van der Waals surface area contributed by atoms with Crippen molar-refractivity contribution >= 4 is 67.9 Å². The highest BCUT2D eigenvalue weighted by Gasteiger charge is 2.25. The third kappa shape index (κ3) is 4.71. The Labute approximate surface area is 187 Å². The average Bonchev–Trinajstić information content (AvgIpc) is 3.00. The third-order valence-corrected chi connectivity index (χ3v) is 6.14. The molecule has 28 heavy (non-hydrogen) atoms. The average molecular weight is 522 g/mol. The van der Waals surface area contributed by atoms with Gasteiger partial charge in [-0.15, -0.1) is 11.3 Å². The Bertz CT molecular complexity index is 1000. The molecule has 7 heteroatoms. The predicted octanol–water partition coefficient (Wildman–Crippen LogP) is 6.31. The van der Waals surface area contributed by atoms with Gasteiger partial charge in [0.2, 0.25) is 0 Å². The van der Waals surface area contributed by atoms with Crippen molar-refractivity contribution in [1.82, 2.24) is 0 Å². The molecular formula is C21H19IN2O2S2. The van der Waals surface area contributed by atoms with E-state index in [0.717, 1.165) is 25.3 Å². The summed E-state index contributed by atoms with van der Waals surface area (Å²) in [6.45, 7) is 4.11. The lowest BCUT2D eigenvalue weighted by Gasteiger charge is -2.12. The zero-order valence-electron chi connectivity index (χ0n) is 15.4. The molecular weight excluding hydrogens is 503 g/mol. The number of halogens is 1. The molecule has 144 valence electrons. The number of para-hydroxylation sites is 1. The van der Waals surface area contributed by atoms with E-state index in [9.17, 15) is 4.79 Å². The number of benzene rings is 2. The Kier molecular flexibility index (Phi) is 7.03. The van der Waals surface area contributed by atoms with Crippen molar-refractivity contribution in [1.29, 1.82) is 0 Å². The lowest BCUT2D eigenvalue weighted by atomic mass is 10.0. The standard InChI is InChI=1S/C21H19IN2O2S2/c1-3-26-20(25)18-17(14-9-5-4-6-10-14)13(2)28-19(18)24-21(27)23-16-12-8-7-11-15(16)22/h4-12H,3H2,1-2H3,(H2,23,24,27). The SMILES string of the molecule is CCOC(=O)c1c(NC(=S)Nc2ccccc2I)sc(C)c1-c1ccccc1. The highest BCUT2D eigenvalue weighted by molar-refractivity contribution is 14.1. The molecule has 1 aromatic heterocycles. The van der Waals surface area contributed by atoms with Gasteiger partial charge in [0.05, 0.1) is 12.3 Å². The van der Waals surface area contributed by atoms with Crippen LogP contribution < -0.4 is 10.6 Å². The van der Waals surface area contributed by atoms with Gasteiger partial charge in [0, 0.05) is 14.0 Å². The Morgan fingerprint density at radius 3 is 2.46 bits per heavy atom. The first-order valence-corrected chi connectivity index (χ1v) is 11.0. The molecule has 0 radical (unpaired) electrons. The number of hydrogen-bond donors (Lipinski definition) is 2. The Hall–Kier alpha value is -1.97. The minimum Gasteiger partial charge on any atom is -0.462 e. The molecule has 2 N–H and O–H groups in total. The number of carbonyl (C=O) groups is 1. The summed E-state index contributed by atoms with van der Waals surface area (Å²) in [4.78, 5) is 13.8. The lowest BCUT2D eigenvalue weighted by Crippen LogP contribution is -2.20. The van der Waals surface area contributed by atoms with Crippen molar-refractivity contribution in [2.75, 3.05) is 17.2 Å². The van der Waals surface area contributed by atoms with E-state index in [1.54, 1.807) is 6.92 Å². The largest absolute Gasteiger partial charge is 0.462 e. The number of aryl methyl sites for hydroxylation is 1. The van der Waals surface area contributed by atoms with Crippen LogP contribution in [-0.2, 0) is 4.74 Å². The summed E-state index contributed by atoms with van der Waals surface area (Å²) in [6, 6.07) is 17.7. The molecule has 0 aliphatic carbocycles. The number of nitrogens with one attached hydrogen (secondary N) is 2. The summed E-state index contributed by atoms with van der Waals surface area (Å²) >= 11 is 9.23. The van der Waals surface area contributed by atoms with Crippen LogP contribution in [-0.4, -0.2) is 17.7 Å². The fourth-order valence-corrected chi connectivity index (χ4v) is 4.67. The molecule has 0 amide bonds. The highest BCUT2D eigenvalue weighted by Crippen LogP contribution is 2.40. The molecule has 0 saturated heterocycles. The minimum absolute atomic E-state index is 0.312. The van der Waals surface area contributed by atoms with Crippen LogP contribution in [0.4, 0.5) is 10.7 Å². The van der Waals surface area contributed by atoms with E-state index in [4.69, 9.17) is 17.0 Å². The summed E-state index contributed by atoms with van der Waals surface area (Å²) in [7, 11) is 0. The molecule has 0 aliphatic rings. The molecule has 3 aromatic rings. The van der Waals surface area contributed by atoms with E-state index < -0.39 is 0 Å². The first-order valence-electron chi connectivity index (χ1n) is 8.69. The minimum atomic E-state index is -0.356. The predicted molar refractivity (Wildman–Crippen MR) is 129 cm³/mol. The van der Waals surface area contributed by atoms with Crippen LogP contribution in [0.15, 0.2) is 54.6 Å². The molecule has 4 nitrogen and oxygen atoms in total. The Balaban J connectivity index is 1.95. The van der Waals surface area contributed by atoms with Gasteiger partial charge in [0.1, 0.15) is 10.6 Å². The molecule has 0 unspecified atom stereocenters. The van der Waals surface area contributed by atoms with Gasteiger partial charge in [-0.2, -0.15) is 0 Å². The molecule has 0 spiro atoms. The summed E-state index contributed by atoms with van der Waals surface area (Å²) in [5.41, 5.74) is 3.28.